The fourth-order valence-electron chi connectivity index (χ4n) is 3.63. The Kier molecular flexibility index (Phi) is 7.42. The SMILES string of the molecule is CCC(=S)NC[C@H]1CN(c2ccc(N3CCN(C(=O)CC(C)=O)CC3)c(F)c2)C(=O)O1. The Labute approximate surface area is 186 Å². The number of cyclic esters (lactones) is 1. The van der Waals surface area contributed by atoms with E-state index in [-0.39, 0.29) is 24.2 Å². The number of piperazine rings is 1. The number of thiocarbonyl (C=S) groups is 1. The molecule has 10 heteroatoms. The van der Waals surface area contributed by atoms with E-state index < -0.39 is 11.9 Å². The van der Waals surface area contributed by atoms with E-state index in [0.717, 1.165) is 0 Å². The van der Waals surface area contributed by atoms with E-state index in [0.29, 0.717) is 62.1 Å². The summed E-state index contributed by atoms with van der Waals surface area (Å²) in [6.45, 7) is 5.86. The standard InChI is InChI=1S/C21H27FN4O4S/c1-3-19(31)23-12-16-13-26(21(29)30-16)15-4-5-18(17(22)11-15)24-6-8-25(9-7-24)20(28)10-14(2)27/h4-5,11,16H,3,6-10,12-13H2,1-2H3,(H,23,31)/t16-/m0/s1. The van der Waals surface area contributed by atoms with Gasteiger partial charge in [-0.3, -0.25) is 14.5 Å². The van der Waals surface area contributed by atoms with Gasteiger partial charge >= 0.3 is 6.09 Å². The number of carbonyl (C=O) groups is 3. The molecule has 2 saturated heterocycles. The van der Waals surface area contributed by atoms with E-state index >= 15 is 0 Å². The van der Waals surface area contributed by atoms with Crippen molar-refractivity contribution < 1.29 is 23.5 Å². The van der Waals surface area contributed by atoms with Crippen LogP contribution in [0.15, 0.2) is 18.2 Å². The van der Waals surface area contributed by atoms with Crippen LogP contribution in [-0.4, -0.2) is 73.0 Å². The number of ketones is 1. The maximum absolute atomic E-state index is 14.9. The van der Waals surface area contributed by atoms with E-state index in [1.165, 1.54) is 17.9 Å². The molecule has 168 valence electrons. The van der Waals surface area contributed by atoms with Gasteiger partial charge in [-0.05, 0) is 31.5 Å². The second kappa shape index (κ2) is 10.0. The summed E-state index contributed by atoms with van der Waals surface area (Å²) in [6, 6.07) is 4.67. The van der Waals surface area contributed by atoms with Gasteiger partial charge in [0.05, 0.1) is 35.9 Å². The number of ether oxygens (including phenoxy) is 1. The molecule has 8 nitrogen and oxygen atoms in total. The molecule has 1 N–H and O–H groups in total. The Bertz CT molecular complexity index is 873. The first kappa shape index (κ1) is 22.9. The normalized spacial score (nSPS) is 18.7. The van der Waals surface area contributed by atoms with Crippen molar-refractivity contribution in [3.05, 3.63) is 24.0 Å². The van der Waals surface area contributed by atoms with Crippen molar-refractivity contribution in [3.8, 4) is 0 Å². The average Bonchev–Trinajstić information content (AvgIpc) is 3.12. The molecule has 31 heavy (non-hydrogen) atoms. The number of Topliss-reactive ketones (excluding diaryl/α,β-unsaturated/α-hetero) is 1. The summed E-state index contributed by atoms with van der Waals surface area (Å²) in [5.41, 5.74) is 0.851. The maximum Gasteiger partial charge on any atom is 0.414 e. The summed E-state index contributed by atoms with van der Waals surface area (Å²) in [5.74, 6) is -0.803. The Morgan fingerprint density at radius 1 is 1.26 bits per heavy atom. The van der Waals surface area contributed by atoms with Crippen LogP contribution in [0, 0.1) is 5.82 Å². The number of nitrogens with one attached hydrogen (secondary N) is 1. The van der Waals surface area contributed by atoms with Crippen LogP contribution in [0.25, 0.3) is 0 Å². The van der Waals surface area contributed by atoms with Gasteiger partial charge in [-0.1, -0.05) is 19.1 Å². The third-order valence-electron chi connectivity index (χ3n) is 5.34. The predicted octanol–water partition coefficient (Wildman–Crippen LogP) is 2.11. The Hall–Kier alpha value is -2.75. The lowest BCUT2D eigenvalue weighted by Crippen LogP contribution is -2.49. The van der Waals surface area contributed by atoms with Crippen molar-refractivity contribution in [3.63, 3.8) is 0 Å². The summed E-state index contributed by atoms with van der Waals surface area (Å²) in [4.78, 5) is 41.0. The highest BCUT2D eigenvalue weighted by Gasteiger charge is 2.33. The topological polar surface area (TPSA) is 82.2 Å². The number of anilines is 2. The van der Waals surface area contributed by atoms with E-state index in [1.807, 2.05) is 11.8 Å². The molecule has 0 unspecified atom stereocenters. The fourth-order valence-corrected chi connectivity index (χ4v) is 3.72. The van der Waals surface area contributed by atoms with Gasteiger partial charge in [-0.2, -0.15) is 0 Å². The predicted molar refractivity (Wildman–Crippen MR) is 119 cm³/mol. The maximum atomic E-state index is 14.9. The summed E-state index contributed by atoms with van der Waals surface area (Å²) in [5, 5.41) is 3.05. The average molecular weight is 451 g/mol. The first-order valence-corrected chi connectivity index (χ1v) is 10.8. The molecule has 3 rings (SSSR count). The molecule has 0 aromatic heterocycles. The lowest BCUT2D eigenvalue weighted by molar-refractivity contribution is -0.135. The summed E-state index contributed by atoms with van der Waals surface area (Å²) >= 11 is 5.12. The first-order valence-electron chi connectivity index (χ1n) is 10.3. The van der Waals surface area contributed by atoms with Crippen molar-refractivity contribution in [1.82, 2.24) is 10.2 Å². The Morgan fingerprint density at radius 3 is 2.58 bits per heavy atom. The van der Waals surface area contributed by atoms with Crippen LogP contribution in [0.2, 0.25) is 0 Å². The molecule has 2 amide bonds. The molecule has 2 aliphatic heterocycles. The highest BCUT2D eigenvalue weighted by atomic mass is 32.1. The smallest absolute Gasteiger partial charge is 0.414 e. The van der Waals surface area contributed by atoms with Crippen molar-refractivity contribution in [2.45, 2.75) is 32.8 Å². The Balaban J connectivity index is 1.59. The monoisotopic (exact) mass is 450 g/mol. The van der Waals surface area contributed by atoms with Crippen molar-refractivity contribution in [1.29, 1.82) is 0 Å². The van der Waals surface area contributed by atoms with Gasteiger partial charge in [-0.25, -0.2) is 9.18 Å². The van der Waals surface area contributed by atoms with Crippen LogP contribution in [0.4, 0.5) is 20.6 Å². The zero-order valence-electron chi connectivity index (χ0n) is 17.7. The molecule has 2 fully saturated rings. The molecule has 0 radical (unpaired) electrons. The molecule has 0 bridgehead atoms. The van der Waals surface area contributed by atoms with E-state index in [9.17, 15) is 18.8 Å². The zero-order chi connectivity index (χ0) is 22.5. The lowest BCUT2D eigenvalue weighted by Gasteiger charge is -2.36. The third-order valence-corrected chi connectivity index (χ3v) is 5.77. The van der Waals surface area contributed by atoms with Gasteiger partial charge in [0, 0.05) is 26.2 Å². The highest BCUT2D eigenvalue weighted by Crippen LogP contribution is 2.28. The third kappa shape index (κ3) is 5.69. The summed E-state index contributed by atoms with van der Waals surface area (Å²) in [7, 11) is 0. The van der Waals surface area contributed by atoms with E-state index in [2.05, 4.69) is 5.32 Å². The molecular weight excluding hydrogens is 423 g/mol. The largest absolute Gasteiger partial charge is 0.442 e. The van der Waals surface area contributed by atoms with Gasteiger partial charge < -0.3 is 19.9 Å². The molecule has 2 aliphatic rings. The molecular formula is C21H27FN4O4S. The second-order valence-corrected chi connectivity index (χ2v) is 8.15. The van der Waals surface area contributed by atoms with Crippen LogP contribution >= 0.6 is 12.2 Å². The number of carbonyl (C=O) groups excluding carboxylic acids is 3. The number of hydrogen-bond donors (Lipinski definition) is 1. The minimum atomic E-state index is -0.515. The number of amides is 2. The zero-order valence-corrected chi connectivity index (χ0v) is 18.5. The number of nitrogens with zero attached hydrogens (tertiary/aromatic N) is 3. The fraction of sp³-hybridized carbons (Fsp3) is 0.524. The van der Waals surface area contributed by atoms with Crippen LogP contribution in [0.3, 0.4) is 0 Å². The molecule has 0 saturated carbocycles. The van der Waals surface area contributed by atoms with Crippen molar-refractivity contribution >= 4 is 46.4 Å². The first-order chi connectivity index (χ1) is 14.8. The molecule has 0 spiro atoms. The molecule has 2 heterocycles. The van der Waals surface area contributed by atoms with Crippen molar-refractivity contribution in [2.24, 2.45) is 0 Å². The van der Waals surface area contributed by atoms with E-state index in [4.69, 9.17) is 17.0 Å². The minimum absolute atomic E-state index is 0.101. The van der Waals surface area contributed by atoms with Gasteiger partial charge in [0.1, 0.15) is 17.7 Å². The number of rotatable bonds is 7. The van der Waals surface area contributed by atoms with Crippen molar-refractivity contribution in [2.75, 3.05) is 49.1 Å². The number of halogens is 1. The highest BCUT2D eigenvalue weighted by molar-refractivity contribution is 7.80. The van der Waals surface area contributed by atoms with Crippen LogP contribution in [0.1, 0.15) is 26.7 Å². The minimum Gasteiger partial charge on any atom is -0.442 e. The number of hydrogen-bond acceptors (Lipinski definition) is 6. The molecule has 1 aromatic carbocycles. The van der Waals surface area contributed by atoms with Gasteiger partial charge in [-0.15, -0.1) is 0 Å². The van der Waals surface area contributed by atoms with Gasteiger partial charge in [0.25, 0.3) is 0 Å². The molecule has 1 aromatic rings. The van der Waals surface area contributed by atoms with Crippen LogP contribution in [0.5, 0.6) is 0 Å². The summed E-state index contributed by atoms with van der Waals surface area (Å²) < 4.78 is 20.2. The Morgan fingerprint density at radius 2 is 1.97 bits per heavy atom. The molecule has 0 aliphatic carbocycles. The van der Waals surface area contributed by atoms with Gasteiger partial charge in [0.2, 0.25) is 5.91 Å². The van der Waals surface area contributed by atoms with E-state index in [1.54, 1.807) is 17.0 Å². The quantitative estimate of drug-likeness (QED) is 0.503. The number of benzene rings is 1. The second-order valence-electron chi connectivity index (χ2n) is 7.66. The van der Waals surface area contributed by atoms with Crippen LogP contribution in [-0.2, 0) is 14.3 Å². The van der Waals surface area contributed by atoms with Crippen LogP contribution < -0.4 is 15.1 Å². The molecule has 1 atom stereocenters. The summed E-state index contributed by atoms with van der Waals surface area (Å²) in [6.07, 6.45) is -0.263. The van der Waals surface area contributed by atoms with Gasteiger partial charge in [0.15, 0.2) is 0 Å². The lowest BCUT2D eigenvalue weighted by atomic mass is 10.2.